The first-order valence-corrected chi connectivity index (χ1v) is 27.1. The highest BCUT2D eigenvalue weighted by molar-refractivity contribution is 5.71. The molecule has 0 radical (unpaired) electrons. The van der Waals surface area contributed by atoms with Gasteiger partial charge in [0.05, 0.1) is 0 Å². The SMILES string of the molecule is CC/C=C\C/C=C\C/C=C\C/C=C\CCCCCCC(=O)OC[C@H](COC(=O)CCCCCCCCCCCCCCCCC)OC(=O)CCCCCCCCCCCCCCC. The van der Waals surface area contributed by atoms with Gasteiger partial charge in [0.25, 0.3) is 0 Å². The molecule has 0 rings (SSSR count). The number of esters is 3. The van der Waals surface area contributed by atoms with Crippen molar-refractivity contribution in [1.82, 2.24) is 0 Å². The average Bonchev–Trinajstić information content (AvgIpc) is 3.28. The van der Waals surface area contributed by atoms with Gasteiger partial charge in [-0.3, -0.25) is 14.4 Å². The molecule has 0 aromatic carbocycles. The first-order valence-electron chi connectivity index (χ1n) is 27.1. The van der Waals surface area contributed by atoms with Gasteiger partial charge < -0.3 is 14.2 Å². The monoisotopic (exact) mass is 883 g/mol. The van der Waals surface area contributed by atoms with Gasteiger partial charge in [0.2, 0.25) is 0 Å². The van der Waals surface area contributed by atoms with Crippen molar-refractivity contribution in [3.8, 4) is 0 Å². The van der Waals surface area contributed by atoms with Gasteiger partial charge in [-0.15, -0.1) is 0 Å². The third-order valence-electron chi connectivity index (χ3n) is 11.8. The predicted molar refractivity (Wildman–Crippen MR) is 270 cm³/mol. The molecule has 0 aromatic heterocycles. The fraction of sp³-hybridized carbons (Fsp3) is 0.807. The molecule has 0 aliphatic rings. The Balaban J connectivity index is 4.38. The van der Waals surface area contributed by atoms with Crippen molar-refractivity contribution in [3.63, 3.8) is 0 Å². The van der Waals surface area contributed by atoms with Gasteiger partial charge >= 0.3 is 17.9 Å². The van der Waals surface area contributed by atoms with E-state index in [-0.39, 0.29) is 31.1 Å². The van der Waals surface area contributed by atoms with E-state index < -0.39 is 6.10 Å². The van der Waals surface area contributed by atoms with Crippen molar-refractivity contribution < 1.29 is 28.6 Å². The van der Waals surface area contributed by atoms with Crippen LogP contribution >= 0.6 is 0 Å². The van der Waals surface area contributed by atoms with Crippen LogP contribution in [0.25, 0.3) is 0 Å². The summed E-state index contributed by atoms with van der Waals surface area (Å²) in [5, 5.41) is 0. The molecule has 0 heterocycles. The van der Waals surface area contributed by atoms with Crippen LogP contribution < -0.4 is 0 Å². The zero-order valence-corrected chi connectivity index (χ0v) is 41.8. The van der Waals surface area contributed by atoms with Gasteiger partial charge in [0.1, 0.15) is 13.2 Å². The number of hydrogen-bond acceptors (Lipinski definition) is 6. The Morgan fingerprint density at radius 2 is 0.619 bits per heavy atom. The van der Waals surface area contributed by atoms with Crippen molar-refractivity contribution in [2.45, 2.75) is 284 Å². The summed E-state index contributed by atoms with van der Waals surface area (Å²) in [6.07, 6.45) is 62.3. The van der Waals surface area contributed by atoms with Crippen LogP contribution in [0.5, 0.6) is 0 Å². The summed E-state index contributed by atoms with van der Waals surface area (Å²) < 4.78 is 16.8. The van der Waals surface area contributed by atoms with E-state index in [0.717, 1.165) is 96.3 Å². The lowest BCUT2D eigenvalue weighted by atomic mass is 10.0. The molecular weight excluding hydrogens is 781 g/mol. The van der Waals surface area contributed by atoms with Crippen LogP contribution in [-0.4, -0.2) is 37.2 Å². The molecule has 0 saturated carbocycles. The molecule has 0 bridgehead atoms. The summed E-state index contributed by atoms with van der Waals surface area (Å²) >= 11 is 0. The highest BCUT2D eigenvalue weighted by atomic mass is 16.6. The van der Waals surface area contributed by atoms with Gasteiger partial charge in [0.15, 0.2) is 6.10 Å². The topological polar surface area (TPSA) is 78.9 Å². The molecule has 0 saturated heterocycles. The molecule has 0 N–H and O–H groups in total. The lowest BCUT2D eigenvalue weighted by Gasteiger charge is -2.18. The fourth-order valence-corrected chi connectivity index (χ4v) is 7.79. The second kappa shape index (κ2) is 52.0. The summed E-state index contributed by atoms with van der Waals surface area (Å²) in [7, 11) is 0. The van der Waals surface area contributed by atoms with Crippen LogP contribution in [-0.2, 0) is 28.6 Å². The third kappa shape index (κ3) is 50.2. The Morgan fingerprint density at radius 1 is 0.333 bits per heavy atom. The minimum Gasteiger partial charge on any atom is -0.462 e. The Bertz CT molecular complexity index is 1110. The summed E-state index contributed by atoms with van der Waals surface area (Å²) in [5.74, 6) is -0.889. The van der Waals surface area contributed by atoms with E-state index in [1.165, 1.54) is 141 Å². The molecule has 0 aliphatic carbocycles. The van der Waals surface area contributed by atoms with Crippen molar-refractivity contribution in [3.05, 3.63) is 48.6 Å². The molecule has 0 spiro atoms. The number of carbonyl (C=O) groups excluding carboxylic acids is 3. The van der Waals surface area contributed by atoms with Crippen molar-refractivity contribution >= 4 is 17.9 Å². The molecule has 6 nitrogen and oxygen atoms in total. The Kier molecular flexibility index (Phi) is 49.8. The Morgan fingerprint density at radius 3 is 0.968 bits per heavy atom. The normalized spacial score (nSPS) is 12.4. The number of allylic oxidation sites excluding steroid dienone is 8. The molecule has 0 amide bonds. The van der Waals surface area contributed by atoms with Gasteiger partial charge in [-0.25, -0.2) is 0 Å². The highest BCUT2D eigenvalue weighted by Crippen LogP contribution is 2.16. The summed E-state index contributed by atoms with van der Waals surface area (Å²) in [5.41, 5.74) is 0. The van der Waals surface area contributed by atoms with Crippen LogP contribution in [0, 0.1) is 0 Å². The minimum atomic E-state index is -0.778. The predicted octanol–water partition coefficient (Wildman–Crippen LogP) is 17.9. The third-order valence-corrected chi connectivity index (χ3v) is 11.8. The molecule has 366 valence electrons. The summed E-state index contributed by atoms with van der Waals surface area (Å²) in [6.45, 7) is 6.53. The van der Waals surface area contributed by atoms with Crippen LogP contribution in [0.15, 0.2) is 48.6 Å². The van der Waals surface area contributed by atoms with Crippen LogP contribution in [0.1, 0.15) is 278 Å². The van der Waals surface area contributed by atoms with Crippen molar-refractivity contribution in [2.24, 2.45) is 0 Å². The number of ether oxygens (including phenoxy) is 3. The molecule has 0 fully saturated rings. The van der Waals surface area contributed by atoms with E-state index in [1.54, 1.807) is 0 Å². The molecule has 6 heteroatoms. The van der Waals surface area contributed by atoms with E-state index in [0.29, 0.717) is 19.3 Å². The first-order chi connectivity index (χ1) is 31.0. The standard InChI is InChI=1S/C57H102O6/c1-4-7-10-13-16-19-22-25-27-28-30-33-35-38-41-44-47-50-56(59)62-53-54(63-57(60)51-48-45-42-39-36-31-24-21-18-15-12-9-6-3)52-61-55(58)49-46-43-40-37-34-32-29-26-23-20-17-14-11-8-5-2/h7,10,16,19,25,27,30,33,54H,4-6,8-9,11-15,17-18,20-24,26,28-29,31-32,34-53H2,1-3H3/b10-7-,19-16-,27-25-,33-30-/t54-/m0/s1. The zero-order valence-electron chi connectivity index (χ0n) is 41.8. The van der Waals surface area contributed by atoms with Gasteiger partial charge in [-0.2, -0.15) is 0 Å². The lowest BCUT2D eigenvalue weighted by Crippen LogP contribution is -2.30. The molecule has 63 heavy (non-hydrogen) atoms. The van der Waals surface area contributed by atoms with E-state index in [4.69, 9.17) is 14.2 Å². The molecular formula is C57H102O6. The average molecular weight is 883 g/mol. The highest BCUT2D eigenvalue weighted by Gasteiger charge is 2.19. The minimum absolute atomic E-state index is 0.0769. The van der Waals surface area contributed by atoms with Crippen molar-refractivity contribution in [1.29, 1.82) is 0 Å². The summed E-state index contributed by atoms with van der Waals surface area (Å²) in [4.78, 5) is 38.0. The number of hydrogen-bond donors (Lipinski definition) is 0. The quantitative estimate of drug-likeness (QED) is 0.0262. The largest absolute Gasteiger partial charge is 0.462 e. The van der Waals surface area contributed by atoms with Crippen LogP contribution in [0.2, 0.25) is 0 Å². The fourth-order valence-electron chi connectivity index (χ4n) is 7.79. The zero-order chi connectivity index (χ0) is 45.8. The number of carbonyl (C=O) groups is 3. The van der Waals surface area contributed by atoms with Gasteiger partial charge in [-0.1, -0.05) is 249 Å². The maximum Gasteiger partial charge on any atom is 0.306 e. The number of rotatable bonds is 49. The maximum absolute atomic E-state index is 12.8. The second-order valence-corrected chi connectivity index (χ2v) is 18.1. The maximum atomic E-state index is 12.8. The summed E-state index contributed by atoms with van der Waals surface area (Å²) in [6, 6.07) is 0. The smallest absolute Gasteiger partial charge is 0.306 e. The van der Waals surface area contributed by atoms with Gasteiger partial charge in [0, 0.05) is 19.3 Å². The van der Waals surface area contributed by atoms with E-state index in [2.05, 4.69) is 69.4 Å². The van der Waals surface area contributed by atoms with E-state index in [1.807, 2.05) is 0 Å². The Labute approximate surface area is 390 Å². The Hall–Kier alpha value is -2.63. The molecule has 0 aromatic rings. The van der Waals surface area contributed by atoms with E-state index >= 15 is 0 Å². The lowest BCUT2D eigenvalue weighted by molar-refractivity contribution is -0.167. The molecule has 1 atom stereocenters. The van der Waals surface area contributed by atoms with Gasteiger partial charge in [-0.05, 0) is 57.8 Å². The number of unbranched alkanes of at least 4 members (excludes halogenated alkanes) is 30. The van der Waals surface area contributed by atoms with Crippen LogP contribution in [0.4, 0.5) is 0 Å². The van der Waals surface area contributed by atoms with Crippen LogP contribution in [0.3, 0.4) is 0 Å². The first kappa shape index (κ1) is 60.4. The molecule has 0 aliphatic heterocycles. The van der Waals surface area contributed by atoms with Crippen molar-refractivity contribution in [2.75, 3.05) is 13.2 Å². The second-order valence-electron chi connectivity index (χ2n) is 18.1. The molecule has 0 unspecified atom stereocenters. The van der Waals surface area contributed by atoms with E-state index in [9.17, 15) is 14.4 Å².